The lowest BCUT2D eigenvalue weighted by molar-refractivity contribution is -0.145. The number of likely N-dealkylation sites (tertiary alicyclic amines) is 1. The second-order valence-corrected chi connectivity index (χ2v) is 5.64. The second kappa shape index (κ2) is 6.65. The third kappa shape index (κ3) is 5.06. The number of nitrogens with zero attached hydrogens (tertiary/aromatic N) is 1. The molecule has 1 aliphatic rings. The molecule has 0 amide bonds. The first-order valence-corrected chi connectivity index (χ1v) is 6.99. The van der Waals surface area contributed by atoms with E-state index in [4.69, 9.17) is 5.11 Å². The van der Waals surface area contributed by atoms with Crippen LogP contribution in [0.15, 0.2) is 0 Å². The minimum absolute atomic E-state index is 0.0871. The van der Waals surface area contributed by atoms with E-state index in [2.05, 4.69) is 0 Å². The molecule has 3 nitrogen and oxygen atoms in total. The standard InChI is InChI=1S/C11H18F3NO2S/c1-2-8-3-4-15(9(7-8)10(16)17)5-6-18-11(12,13)14/h8-9H,2-7H2,1H3,(H,16,17). The Bertz CT molecular complexity index is 286. The summed E-state index contributed by atoms with van der Waals surface area (Å²) in [6.07, 6.45) is 2.34. The van der Waals surface area contributed by atoms with Gasteiger partial charge in [0, 0.05) is 12.3 Å². The van der Waals surface area contributed by atoms with E-state index in [1.165, 1.54) is 0 Å². The topological polar surface area (TPSA) is 40.5 Å². The van der Waals surface area contributed by atoms with E-state index in [9.17, 15) is 18.0 Å². The summed E-state index contributed by atoms with van der Waals surface area (Å²) in [4.78, 5) is 12.8. The van der Waals surface area contributed by atoms with E-state index in [0.29, 0.717) is 18.9 Å². The van der Waals surface area contributed by atoms with E-state index < -0.39 is 17.5 Å². The summed E-state index contributed by atoms with van der Waals surface area (Å²) in [6.45, 7) is 2.77. The van der Waals surface area contributed by atoms with E-state index in [0.717, 1.165) is 12.8 Å². The molecule has 1 fully saturated rings. The minimum atomic E-state index is -4.24. The molecule has 0 radical (unpaired) electrons. The number of carboxylic acids is 1. The molecule has 7 heteroatoms. The monoisotopic (exact) mass is 285 g/mol. The van der Waals surface area contributed by atoms with Crippen LogP contribution in [0.3, 0.4) is 0 Å². The molecule has 2 unspecified atom stereocenters. The van der Waals surface area contributed by atoms with Gasteiger partial charge >= 0.3 is 11.5 Å². The molecule has 1 aliphatic heterocycles. The number of alkyl halides is 3. The Morgan fingerprint density at radius 1 is 1.50 bits per heavy atom. The predicted octanol–water partition coefficient (Wildman–Crippen LogP) is 2.81. The third-order valence-corrected chi connectivity index (χ3v) is 4.04. The van der Waals surface area contributed by atoms with Crippen LogP contribution in [0.5, 0.6) is 0 Å². The van der Waals surface area contributed by atoms with Gasteiger partial charge in [0.05, 0.1) is 0 Å². The smallest absolute Gasteiger partial charge is 0.441 e. The molecule has 0 aromatic rings. The van der Waals surface area contributed by atoms with Gasteiger partial charge < -0.3 is 5.11 Å². The van der Waals surface area contributed by atoms with Crippen molar-refractivity contribution in [2.24, 2.45) is 5.92 Å². The van der Waals surface area contributed by atoms with Gasteiger partial charge in [-0.2, -0.15) is 13.2 Å². The fraction of sp³-hybridized carbons (Fsp3) is 0.909. The summed E-state index contributed by atoms with van der Waals surface area (Å²) < 4.78 is 36.0. The average molecular weight is 285 g/mol. The van der Waals surface area contributed by atoms with E-state index in [1.807, 2.05) is 6.92 Å². The highest BCUT2D eigenvalue weighted by atomic mass is 32.2. The molecule has 0 aromatic heterocycles. The average Bonchev–Trinajstić information content (AvgIpc) is 2.27. The van der Waals surface area contributed by atoms with Crippen LogP contribution in [0.25, 0.3) is 0 Å². The number of aliphatic carboxylic acids is 1. The number of halogens is 3. The quantitative estimate of drug-likeness (QED) is 0.843. The molecule has 1 saturated heterocycles. The van der Waals surface area contributed by atoms with Gasteiger partial charge in [-0.3, -0.25) is 9.69 Å². The molecule has 1 rings (SSSR count). The van der Waals surface area contributed by atoms with Crippen molar-refractivity contribution in [1.29, 1.82) is 0 Å². The SMILES string of the molecule is CCC1CCN(CCSC(F)(F)F)C(C(=O)O)C1. The van der Waals surface area contributed by atoms with Crippen molar-refractivity contribution in [2.75, 3.05) is 18.8 Å². The molecule has 18 heavy (non-hydrogen) atoms. The molecule has 0 spiro atoms. The molecular formula is C11H18F3NO2S. The number of hydrogen-bond acceptors (Lipinski definition) is 3. The summed E-state index contributed by atoms with van der Waals surface area (Å²) in [7, 11) is 0. The van der Waals surface area contributed by atoms with Crippen LogP contribution in [0.2, 0.25) is 0 Å². The van der Waals surface area contributed by atoms with Gasteiger partial charge in [-0.1, -0.05) is 13.3 Å². The van der Waals surface area contributed by atoms with Crippen LogP contribution in [0.1, 0.15) is 26.2 Å². The molecule has 1 heterocycles. The number of rotatable bonds is 5. The Morgan fingerprint density at radius 2 is 2.17 bits per heavy atom. The van der Waals surface area contributed by atoms with E-state index in [-0.39, 0.29) is 24.1 Å². The van der Waals surface area contributed by atoms with Crippen LogP contribution in [-0.2, 0) is 4.79 Å². The van der Waals surface area contributed by atoms with Gasteiger partial charge in [-0.25, -0.2) is 0 Å². The van der Waals surface area contributed by atoms with Crippen molar-refractivity contribution in [3.8, 4) is 0 Å². The zero-order valence-electron chi connectivity index (χ0n) is 10.2. The lowest BCUT2D eigenvalue weighted by atomic mass is 9.89. The maximum Gasteiger partial charge on any atom is 0.441 e. The van der Waals surface area contributed by atoms with Crippen LogP contribution in [-0.4, -0.2) is 46.4 Å². The maximum absolute atomic E-state index is 12.0. The van der Waals surface area contributed by atoms with Crippen molar-refractivity contribution in [1.82, 2.24) is 4.90 Å². The Balaban J connectivity index is 2.45. The van der Waals surface area contributed by atoms with Crippen molar-refractivity contribution >= 4 is 17.7 Å². The number of hydrogen-bond donors (Lipinski definition) is 1. The van der Waals surface area contributed by atoms with Crippen molar-refractivity contribution in [2.45, 2.75) is 37.7 Å². The molecule has 2 atom stereocenters. The predicted molar refractivity (Wildman–Crippen MR) is 64.5 cm³/mol. The molecule has 0 saturated carbocycles. The van der Waals surface area contributed by atoms with Crippen molar-refractivity contribution in [3.05, 3.63) is 0 Å². The summed E-state index contributed by atoms with van der Waals surface area (Å²) in [5.74, 6) is -0.660. The van der Waals surface area contributed by atoms with Crippen LogP contribution < -0.4 is 0 Å². The summed E-state index contributed by atoms with van der Waals surface area (Å²) in [5.41, 5.74) is -4.24. The fourth-order valence-electron chi connectivity index (χ4n) is 2.26. The highest BCUT2D eigenvalue weighted by Gasteiger charge is 2.34. The molecule has 0 bridgehead atoms. The molecule has 0 aliphatic carbocycles. The number of carboxylic acid groups (broad SMARTS) is 1. The summed E-state index contributed by atoms with van der Waals surface area (Å²) >= 11 is -0.0871. The Hall–Kier alpha value is -0.430. The third-order valence-electron chi connectivity index (χ3n) is 3.33. The van der Waals surface area contributed by atoms with E-state index >= 15 is 0 Å². The van der Waals surface area contributed by atoms with Gasteiger partial charge in [-0.15, -0.1) is 0 Å². The highest BCUT2D eigenvalue weighted by Crippen LogP contribution is 2.31. The number of thioether (sulfide) groups is 1. The van der Waals surface area contributed by atoms with Crippen LogP contribution in [0.4, 0.5) is 13.2 Å². The van der Waals surface area contributed by atoms with Gasteiger partial charge in [-0.05, 0) is 37.1 Å². The van der Waals surface area contributed by atoms with E-state index in [1.54, 1.807) is 4.90 Å². The molecule has 1 N–H and O–H groups in total. The zero-order valence-corrected chi connectivity index (χ0v) is 11.1. The zero-order chi connectivity index (χ0) is 13.8. The molecule has 0 aromatic carbocycles. The first-order chi connectivity index (χ1) is 8.33. The normalized spacial score (nSPS) is 26.2. The molecular weight excluding hydrogens is 267 g/mol. The Labute approximate surface area is 109 Å². The summed E-state index contributed by atoms with van der Waals surface area (Å²) in [6, 6.07) is -0.627. The van der Waals surface area contributed by atoms with Gasteiger partial charge in [0.15, 0.2) is 0 Å². The maximum atomic E-state index is 12.0. The van der Waals surface area contributed by atoms with Gasteiger partial charge in [0.25, 0.3) is 0 Å². The number of piperidine rings is 1. The molecule has 106 valence electrons. The fourth-order valence-corrected chi connectivity index (χ4v) is 2.82. The minimum Gasteiger partial charge on any atom is -0.480 e. The number of carbonyl (C=O) groups is 1. The van der Waals surface area contributed by atoms with Crippen molar-refractivity contribution in [3.63, 3.8) is 0 Å². The lowest BCUT2D eigenvalue weighted by Gasteiger charge is -2.36. The van der Waals surface area contributed by atoms with Gasteiger partial charge in [0.1, 0.15) is 6.04 Å². The Kier molecular flexibility index (Phi) is 5.78. The Morgan fingerprint density at radius 3 is 2.67 bits per heavy atom. The second-order valence-electron chi connectivity index (χ2n) is 4.48. The van der Waals surface area contributed by atoms with Gasteiger partial charge in [0.2, 0.25) is 0 Å². The highest BCUT2D eigenvalue weighted by molar-refractivity contribution is 8.00. The van der Waals surface area contributed by atoms with Crippen LogP contribution >= 0.6 is 11.8 Å². The van der Waals surface area contributed by atoms with Crippen LogP contribution in [0, 0.1) is 5.92 Å². The van der Waals surface area contributed by atoms with Crippen molar-refractivity contribution < 1.29 is 23.1 Å². The first-order valence-electron chi connectivity index (χ1n) is 6.01. The first kappa shape index (κ1) is 15.6. The largest absolute Gasteiger partial charge is 0.480 e. The summed E-state index contributed by atoms with van der Waals surface area (Å²) in [5, 5.41) is 9.11. The lowest BCUT2D eigenvalue weighted by Crippen LogP contribution is -2.48.